The first-order valence-corrected chi connectivity index (χ1v) is 9.34. The lowest BCUT2D eigenvalue weighted by atomic mass is 9.97. The second-order valence-corrected chi connectivity index (χ2v) is 6.99. The highest BCUT2D eigenvalue weighted by Gasteiger charge is 2.24. The minimum absolute atomic E-state index is 0.136. The predicted molar refractivity (Wildman–Crippen MR) is 102 cm³/mol. The third kappa shape index (κ3) is 4.93. The van der Waals surface area contributed by atoms with Gasteiger partial charge in [-0.15, -0.1) is 0 Å². The summed E-state index contributed by atoms with van der Waals surface area (Å²) in [5, 5.41) is 3.18. The molecule has 0 aliphatic carbocycles. The Morgan fingerprint density at radius 3 is 2.12 bits per heavy atom. The first-order valence-electron chi connectivity index (χ1n) is 9.34. The first-order chi connectivity index (χ1) is 12.2. The largest absolute Gasteiger partial charge is 0.354 e. The highest BCUT2D eigenvalue weighted by atomic mass is 16.1. The molecule has 0 aromatic heterocycles. The average Bonchev–Trinajstić information content (AvgIpc) is 3.18. The van der Waals surface area contributed by atoms with Crippen molar-refractivity contribution >= 4 is 5.91 Å². The van der Waals surface area contributed by atoms with Crippen molar-refractivity contribution in [2.24, 2.45) is 0 Å². The molecule has 0 radical (unpaired) electrons. The molecule has 3 nitrogen and oxygen atoms in total. The average molecular weight is 336 g/mol. The van der Waals surface area contributed by atoms with Crippen LogP contribution in [0.15, 0.2) is 60.7 Å². The van der Waals surface area contributed by atoms with Crippen molar-refractivity contribution in [3.8, 4) is 0 Å². The van der Waals surface area contributed by atoms with Gasteiger partial charge < -0.3 is 5.32 Å². The second-order valence-electron chi connectivity index (χ2n) is 6.99. The molecule has 1 saturated heterocycles. The summed E-state index contributed by atoms with van der Waals surface area (Å²) >= 11 is 0. The predicted octanol–water partition coefficient (Wildman–Crippen LogP) is 4.13. The molecular formula is C22H28N2O. The van der Waals surface area contributed by atoms with Crippen molar-refractivity contribution in [3.63, 3.8) is 0 Å². The third-order valence-electron chi connectivity index (χ3n) is 5.12. The molecule has 0 saturated carbocycles. The molecule has 0 bridgehead atoms. The topological polar surface area (TPSA) is 32.3 Å². The van der Waals surface area contributed by atoms with E-state index in [9.17, 15) is 4.79 Å². The van der Waals surface area contributed by atoms with Crippen molar-refractivity contribution in [1.29, 1.82) is 0 Å². The van der Waals surface area contributed by atoms with Crippen LogP contribution in [0.25, 0.3) is 0 Å². The maximum Gasteiger partial charge on any atom is 0.220 e. The van der Waals surface area contributed by atoms with Gasteiger partial charge >= 0.3 is 0 Å². The second kappa shape index (κ2) is 8.82. The van der Waals surface area contributed by atoms with Crippen LogP contribution in [0, 0.1) is 0 Å². The van der Waals surface area contributed by atoms with Gasteiger partial charge in [-0.05, 0) is 43.0 Å². The van der Waals surface area contributed by atoms with Gasteiger partial charge in [0.1, 0.15) is 0 Å². The fourth-order valence-corrected chi connectivity index (χ4v) is 3.65. The summed E-state index contributed by atoms with van der Waals surface area (Å²) in [6.45, 7) is 5.04. The van der Waals surface area contributed by atoms with Gasteiger partial charge in [-0.1, -0.05) is 67.6 Å². The van der Waals surface area contributed by atoms with Crippen LogP contribution in [0.2, 0.25) is 0 Å². The number of carbonyl (C=O) groups is 1. The lowest BCUT2D eigenvalue weighted by molar-refractivity contribution is -0.121. The van der Waals surface area contributed by atoms with Crippen molar-refractivity contribution in [1.82, 2.24) is 10.2 Å². The van der Waals surface area contributed by atoms with E-state index >= 15 is 0 Å². The molecule has 3 rings (SSSR count). The zero-order chi connectivity index (χ0) is 17.5. The normalized spacial score (nSPS) is 17.2. The Balaban J connectivity index is 1.58. The summed E-state index contributed by atoms with van der Waals surface area (Å²) < 4.78 is 0. The van der Waals surface area contributed by atoms with E-state index in [4.69, 9.17) is 0 Å². The number of benzene rings is 2. The highest BCUT2D eigenvalue weighted by molar-refractivity contribution is 5.76. The molecule has 1 aliphatic rings. The Morgan fingerprint density at radius 2 is 1.52 bits per heavy atom. The molecule has 1 heterocycles. The van der Waals surface area contributed by atoms with Gasteiger partial charge in [0.25, 0.3) is 0 Å². The van der Waals surface area contributed by atoms with Gasteiger partial charge in [0.05, 0.1) is 6.04 Å². The van der Waals surface area contributed by atoms with Crippen LogP contribution in [-0.2, 0) is 4.79 Å². The van der Waals surface area contributed by atoms with Crippen LogP contribution in [-0.4, -0.2) is 30.4 Å². The van der Waals surface area contributed by atoms with Crippen molar-refractivity contribution in [2.75, 3.05) is 19.6 Å². The Hall–Kier alpha value is -2.13. The molecule has 2 atom stereocenters. The molecule has 0 spiro atoms. The molecule has 1 fully saturated rings. The number of carbonyl (C=O) groups excluding carboxylic acids is 1. The molecule has 1 N–H and O–H groups in total. The number of amides is 1. The Morgan fingerprint density at radius 1 is 0.960 bits per heavy atom. The van der Waals surface area contributed by atoms with E-state index in [0.717, 1.165) is 13.1 Å². The highest BCUT2D eigenvalue weighted by Crippen LogP contribution is 2.25. The van der Waals surface area contributed by atoms with Gasteiger partial charge in [0.15, 0.2) is 0 Å². The SMILES string of the molecule is CC(CC(=O)NCC(c1ccccc1)N1CCCC1)c1ccccc1. The van der Waals surface area contributed by atoms with Crippen molar-refractivity contribution in [2.45, 2.75) is 38.1 Å². The van der Waals surface area contributed by atoms with E-state index in [1.54, 1.807) is 0 Å². The smallest absolute Gasteiger partial charge is 0.220 e. The molecule has 2 aromatic carbocycles. The Bertz CT molecular complexity index is 650. The molecule has 2 aromatic rings. The van der Waals surface area contributed by atoms with E-state index < -0.39 is 0 Å². The monoisotopic (exact) mass is 336 g/mol. The maximum atomic E-state index is 12.4. The fourth-order valence-electron chi connectivity index (χ4n) is 3.65. The first kappa shape index (κ1) is 17.7. The Labute approximate surface area is 151 Å². The van der Waals surface area contributed by atoms with Gasteiger partial charge in [-0.2, -0.15) is 0 Å². The van der Waals surface area contributed by atoms with E-state index in [1.165, 1.54) is 24.0 Å². The molecular weight excluding hydrogens is 308 g/mol. The summed E-state index contributed by atoms with van der Waals surface area (Å²) in [5.41, 5.74) is 2.51. The van der Waals surface area contributed by atoms with Crippen LogP contribution >= 0.6 is 0 Å². The summed E-state index contributed by atoms with van der Waals surface area (Å²) in [7, 11) is 0. The molecule has 1 amide bonds. The van der Waals surface area contributed by atoms with E-state index in [2.05, 4.69) is 53.5 Å². The van der Waals surface area contributed by atoms with Gasteiger partial charge in [0.2, 0.25) is 5.91 Å². The van der Waals surface area contributed by atoms with E-state index in [1.807, 2.05) is 24.3 Å². The molecule has 3 heteroatoms. The number of nitrogens with zero attached hydrogens (tertiary/aromatic N) is 1. The van der Waals surface area contributed by atoms with Crippen molar-refractivity contribution in [3.05, 3.63) is 71.8 Å². The van der Waals surface area contributed by atoms with Crippen LogP contribution in [0.4, 0.5) is 0 Å². The van der Waals surface area contributed by atoms with Crippen LogP contribution < -0.4 is 5.32 Å². The summed E-state index contributed by atoms with van der Waals surface area (Å²) in [6, 6.07) is 21.1. The lowest BCUT2D eigenvalue weighted by Crippen LogP contribution is -2.37. The fraction of sp³-hybridized carbons (Fsp3) is 0.409. The Kier molecular flexibility index (Phi) is 6.24. The summed E-state index contributed by atoms with van der Waals surface area (Å²) in [5.74, 6) is 0.375. The number of hydrogen-bond acceptors (Lipinski definition) is 2. The maximum absolute atomic E-state index is 12.4. The molecule has 132 valence electrons. The number of likely N-dealkylation sites (tertiary alicyclic amines) is 1. The minimum atomic E-state index is 0.136. The van der Waals surface area contributed by atoms with Gasteiger partial charge in [-0.25, -0.2) is 0 Å². The summed E-state index contributed by atoms with van der Waals surface area (Å²) in [4.78, 5) is 14.9. The van der Waals surface area contributed by atoms with E-state index in [-0.39, 0.29) is 17.9 Å². The summed E-state index contributed by atoms with van der Waals surface area (Å²) in [6.07, 6.45) is 3.04. The standard InChI is InChI=1S/C22H28N2O/c1-18(19-10-4-2-5-11-19)16-22(25)23-17-21(24-14-8-9-15-24)20-12-6-3-7-13-20/h2-7,10-13,18,21H,8-9,14-17H2,1H3,(H,23,25). The lowest BCUT2D eigenvalue weighted by Gasteiger charge is -2.28. The number of nitrogens with one attached hydrogen (secondary N) is 1. The van der Waals surface area contributed by atoms with Crippen LogP contribution in [0.5, 0.6) is 0 Å². The zero-order valence-electron chi connectivity index (χ0n) is 15.0. The number of rotatable bonds is 7. The molecule has 2 unspecified atom stereocenters. The van der Waals surface area contributed by atoms with Gasteiger partial charge in [-0.3, -0.25) is 9.69 Å². The van der Waals surface area contributed by atoms with Crippen LogP contribution in [0.3, 0.4) is 0 Å². The van der Waals surface area contributed by atoms with Crippen LogP contribution in [0.1, 0.15) is 49.3 Å². The van der Waals surface area contributed by atoms with Gasteiger partial charge in [0, 0.05) is 13.0 Å². The molecule has 1 aliphatic heterocycles. The number of hydrogen-bond donors (Lipinski definition) is 1. The van der Waals surface area contributed by atoms with Crippen molar-refractivity contribution < 1.29 is 4.79 Å². The molecule has 25 heavy (non-hydrogen) atoms. The minimum Gasteiger partial charge on any atom is -0.354 e. The zero-order valence-corrected chi connectivity index (χ0v) is 15.0. The van der Waals surface area contributed by atoms with E-state index in [0.29, 0.717) is 13.0 Å². The third-order valence-corrected chi connectivity index (χ3v) is 5.12. The quantitative estimate of drug-likeness (QED) is 0.824.